The van der Waals surface area contributed by atoms with E-state index in [1.165, 1.54) is 4.90 Å². The molecular formula is C41H45F2N3O8. The van der Waals surface area contributed by atoms with E-state index in [0.29, 0.717) is 40.9 Å². The quantitative estimate of drug-likeness (QED) is 0.194. The number of carbonyl (C=O) groups is 4. The Bertz CT molecular complexity index is 2060. The first kappa shape index (κ1) is 37.4. The molecule has 11 nitrogen and oxygen atoms in total. The summed E-state index contributed by atoms with van der Waals surface area (Å²) >= 11 is 0. The lowest BCUT2D eigenvalue weighted by Crippen LogP contribution is -2.45. The number of benzene rings is 2. The maximum absolute atomic E-state index is 15.1. The maximum atomic E-state index is 15.1. The normalized spacial score (nSPS) is 26.4. The molecule has 7 rings (SSSR count). The molecule has 4 aromatic rings. The fraction of sp³-hybridized carbons (Fsp3) is 0.512. The molecule has 0 unspecified atom stereocenters. The molecule has 13 heteroatoms. The third kappa shape index (κ3) is 7.95. The predicted molar refractivity (Wildman–Crippen MR) is 194 cm³/mol. The number of furan rings is 1. The number of ketones is 1. The van der Waals surface area contributed by atoms with E-state index in [4.69, 9.17) is 23.9 Å². The monoisotopic (exact) mass is 745 g/mol. The zero-order chi connectivity index (χ0) is 38.4. The van der Waals surface area contributed by atoms with E-state index in [0.717, 1.165) is 5.39 Å². The number of aromatic nitrogens is 2. The number of alkyl halides is 2. The molecule has 1 N–H and O–H groups in total. The smallest absolute Gasteiger partial charge is 0.310 e. The highest BCUT2D eigenvalue weighted by Gasteiger charge is 2.64. The van der Waals surface area contributed by atoms with Crippen molar-refractivity contribution in [2.45, 2.75) is 109 Å². The van der Waals surface area contributed by atoms with E-state index < -0.39 is 83.8 Å². The third-order valence-electron chi connectivity index (χ3n) is 10.9. The number of fused-ring (bicyclic) bond motifs is 4. The van der Waals surface area contributed by atoms with Crippen LogP contribution in [0.3, 0.4) is 0 Å². The minimum atomic E-state index is -3.09. The molecule has 286 valence electrons. The van der Waals surface area contributed by atoms with Crippen LogP contribution in [0.25, 0.3) is 33.5 Å². The second-order valence-corrected chi connectivity index (χ2v) is 16.1. The number of hydrogen-bond acceptors (Lipinski definition) is 9. The number of halogens is 2. The van der Waals surface area contributed by atoms with E-state index in [2.05, 4.69) is 0 Å². The zero-order valence-electron chi connectivity index (χ0n) is 30.7. The molecule has 0 bridgehead atoms. The molecular weight excluding hydrogens is 700 g/mol. The van der Waals surface area contributed by atoms with Gasteiger partial charge >= 0.3 is 11.9 Å². The van der Waals surface area contributed by atoms with Gasteiger partial charge in [0.25, 0.3) is 0 Å². The fourth-order valence-corrected chi connectivity index (χ4v) is 8.09. The second-order valence-electron chi connectivity index (χ2n) is 16.1. The van der Waals surface area contributed by atoms with E-state index >= 15 is 8.78 Å². The van der Waals surface area contributed by atoms with Crippen molar-refractivity contribution in [1.82, 2.24) is 14.9 Å². The molecule has 1 amide bonds. The first-order valence-electron chi connectivity index (χ1n) is 18.7. The standard InChI is InChI=1S/C41H45F2N3O8/c1-39(2,3)54-34(48)18-25-12-5-4-10-16-41(42,43)21-26-20-40(26,38(50)51)22-31(47)30-19-27(23-46(30)37(25)49)52-36-35(44-28-13-7-8-14-29(28)45-36)33-17-24-11-6-9-15-32(24)53-33/h6-9,11,13-15,17,25-27,30H,4-5,10,12,16,18-23H2,1-3H3,(H,50,51)/t25-,26+,27-,30+,40-/m1/s1. The molecule has 2 aromatic carbocycles. The Labute approximate surface area is 311 Å². The summed E-state index contributed by atoms with van der Waals surface area (Å²) in [6, 6.07) is 15.4. The Morgan fingerprint density at radius 3 is 2.44 bits per heavy atom. The van der Waals surface area contributed by atoms with Gasteiger partial charge in [-0.25, -0.2) is 18.7 Å². The van der Waals surface area contributed by atoms with Crippen LogP contribution in [0.2, 0.25) is 0 Å². The van der Waals surface area contributed by atoms with Crippen LogP contribution in [0.15, 0.2) is 59.0 Å². The van der Waals surface area contributed by atoms with Gasteiger partial charge in [0.05, 0.1) is 35.5 Å². The van der Waals surface area contributed by atoms with Crippen molar-refractivity contribution in [3.63, 3.8) is 0 Å². The first-order valence-corrected chi connectivity index (χ1v) is 18.7. The zero-order valence-corrected chi connectivity index (χ0v) is 30.7. The Kier molecular flexibility index (Phi) is 9.95. The van der Waals surface area contributed by atoms with Gasteiger partial charge in [-0.05, 0) is 70.2 Å². The summed E-state index contributed by atoms with van der Waals surface area (Å²) in [7, 11) is 0. The van der Waals surface area contributed by atoms with Crippen LogP contribution in [0, 0.1) is 17.3 Å². The van der Waals surface area contributed by atoms with Crippen LogP contribution < -0.4 is 4.74 Å². The number of carbonyl (C=O) groups excluding carboxylic acids is 3. The summed E-state index contributed by atoms with van der Waals surface area (Å²) in [5.74, 6) is -7.22. The molecule has 3 fully saturated rings. The van der Waals surface area contributed by atoms with Gasteiger partial charge in [-0.2, -0.15) is 0 Å². The molecule has 2 aliphatic heterocycles. The number of hydrogen-bond donors (Lipinski definition) is 1. The van der Waals surface area contributed by atoms with Crippen LogP contribution in [-0.2, 0) is 23.9 Å². The van der Waals surface area contributed by atoms with E-state index in [1.54, 1.807) is 26.8 Å². The van der Waals surface area contributed by atoms with Gasteiger partial charge in [0.2, 0.25) is 17.7 Å². The van der Waals surface area contributed by atoms with Gasteiger partial charge < -0.3 is 23.9 Å². The summed E-state index contributed by atoms with van der Waals surface area (Å²) in [4.78, 5) is 65.4. The van der Waals surface area contributed by atoms with Gasteiger partial charge in [-0.15, -0.1) is 0 Å². The molecule has 5 atom stereocenters. The minimum Gasteiger partial charge on any atom is -0.481 e. The van der Waals surface area contributed by atoms with Crippen molar-refractivity contribution in [3.8, 4) is 17.3 Å². The molecule has 2 saturated heterocycles. The number of carboxylic acid groups (broad SMARTS) is 1. The highest BCUT2D eigenvalue weighted by atomic mass is 19.3. The van der Waals surface area contributed by atoms with Crippen LogP contribution >= 0.6 is 0 Å². The number of Topliss-reactive ketones (excluding diaryl/α,β-unsaturated/α-hetero) is 1. The number of ether oxygens (including phenoxy) is 2. The lowest BCUT2D eigenvalue weighted by molar-refractivity contribution is -0.159. The van der Waals surface area contributed by atoms with Crippen LogP contribution in [0.1, 0.15) is 85.0 Å². The summed E-state index contributed by atoms with van der Waals surface area (Å²) in [6.45, 7) is 5.10. The number of aliphatic carboxylic acids is 1. The summed E-state index contributed by atoms with van der Waals surface area (Å²) < 4.78 is 48.4. The molecule has 54 heavy (non-hydrogen) atoms. The lowest BCUT2D eigenvalue weighted by Gasteiger charge is -2.29. The van der Waals surface area contributed by atoms with Gasteiger partial charge in [0.1, 0.15) is 17.3 Å². The Morgan fingerprint density at radius 2 is 1.72 bits per heavy atom. The number of para-hydroxylation sites is 3. The lowest BCUT2D eigenvalue weighted by atomic mass is 9.90. The van der Waals surface area contributed by atoms with Gasteiger partial charge in [-0.3, -0.25) is 19.2 Å². The number of rotatable bonds is 6. The molecule has 3 aliphatic rings. The number of carboxylic acids is 1. The van der Waals surface area contributed by atoms with Crippen molar-refractivity contribution in [2.75, 3.05) is 6.54 Å². The third-order valence-corrected chi connectivity index (χ3v) is 10.9. The topological polar surface area (TPSA) is 149 Å². The van der Waals surface area contributed by atoms with Gasteiger partial charge in [0.15, 0.2) is 17.2 Å². The first-order chi connectivity index (χ1) is 25.6. The molecule has 1 saturated carbocycles. The molecule has 4 heterocycles. The molecule has 0 radical (unpaired) electrons. The van der Waals surface area contributed by atoms with Crippen LogP contribution in [0.5, 0.6) is 5.88 Å². The van der Waals surface area contributed by atoms with Crippen molar-refractivity contribution < 1.29 is 47.0 Å². The minimum absolute atomic E-state index is 0.00562. The number of nitrogens with zero attached hydrogens (tertiary/aromatic N) is 3. The summed E-state index contributed by atoms with van der Waals surface area (Å²) in [5, 5.41) is 11.1. The van der Waals surface area contributed by atoms with Gasteiger partial charge in [0, 0.05) is 37.0 Å². The van der Waals surface area contributed by atoms with Crippen LogP contribution in [-0.4, -0.2) is 73.8 Å². The largest absolute Gasteiger partial charge is 0.481 e. The summed E-state index contributed by atoms with van der Waals surface area (Å²) in [6.07, 6.45) is -1.44. The molecule has 0 spiro atoms. The molecule has 1 aliphatic carbocycles. The van der Waals surface area contributed by atoms with Crippen molar-refractivity contribution in [1.29, 1.82) is 0 Å². The Hall–Kier alpha value is -4.94. The Morgan fingerprint density at radius 1 is 1.00 bits per heavy atom. The number of esters is 1. The van der Waals surface area contributed by atoms with E-state index in [9.17, 15) is 24.3 Å². The highest BCUT2D eigenvalue weighted by molar-refractivity contribution is 5.95. The van der Waals surface area contributed by atoms with Crippen molar-refractivity contribution >= 4 is 45.6 Å². The van der Waals surface area contributed by atoms with Gasteiger partial charge in [-0.1, -0.05) is 43.2 Å². The maximum Gasteiger partial charge on any atom is 0.310 e. The average Bonchev–Trinajstić information content (AvgIpc) is 3.41. The van der Waals surface area contributed by atoms with E-state index in [-0.39, 0.29) is 44.5 Å². The van der Waals surface area contributed by atoms with Crippen molar-refractivity contribution in [3.05, 3.63) is 54.6 Å². The molecule has 2 aromatic heterocycles. The fourth-order valence-electron chi connectivity index (χ4n) is 8.09. The van der Waals surface area contributed by atoms with E-state index in [1.807, 2.05) is 48.5 Å². The predicted octanol–water partition coefficient (Wildman–Crippen LogP) is 7.78. The second kappa shape index (κ2) is 14.4. The number of amides is 1. The average molecular weight is 746 g/mol. The SMILES string of the molecule is CC(C)(C)OC(=O)C[C@H]1CCCCCC(F)(F)C[C@@H]2C[C@@]2(C(=O)O)CC(=O)[C@@H]2C[C@@H](Oc3nc4ccccc4nc3-c3cc4ccccc4o3)CN2C1=O. The van der Waals surface area contributed by atoms with Crippen LogP contribution in [0.4, 0.5) is 8.78 Å². The van der Waals surface area contributed by atoms with Crippen molar-refractivity contribution in [2.24, 2.45) is 17.3 Å². The Balaban J connectivity index is 1.23. The highest BCUT2D eigenvalue weighted by Crippen LogP contribution is 2.60. The summed E-state index contributed by atoms with van der Waals surface area (Å²) in [5.41, 5.74) is -0.343.